The van der Waals surface area contributed by atoms with Gasteiger partial charge in [-0.15, -0.1) is 11.3 Å². The molecule has 0 atom stereocenters. The molecule has 1 amide bonds. The monoisotopic (exact) mass is 398 g/mol. The summed E-state index contributed by atoms with van der Waals surface area (Å²) < 4.78 is 28.8. The summed E-state index contributed by atoms with van der Waals surface area (Å²) in [5.41, 5.74) is 1.44. The molecule has 28 heavy (non-hydrogen) atoms. The Bertz CT molecular complexity index is 1170. The second kappa shape index (κ2) is 7.12. The Labute approximate surface area is 163 Å². The summed E-state index contributed by atoms with van der Waals surface area (Å²) in [5.74, 6) is -2.06. The first-order chi connectivity index (χ1) is 13.4. The maximum Gasteiger partial charge on any atom is 0.256 e. The number of anilines is 1. The predicted octanol–water partition coefficient (Wildman–Crippen LogP) is 5.27. The third-order valence-electron chi connectivity index (χ3n) is 4.25. The first-order valence-corrected chi connectivity index (χ1v) is 9.50. The number of fused-ring (bicyclic) bond motifs is 1. The van der Waals surface area contributed by atoms with Crippen LogP contribution >= 0.6 is 11.3 Å². The minimum atomic E-state index is -0.838. The fourth-order valence-corrected chi connectivity index (χ4v) is 3.60. The van der Waals surface area contributed by atoms with Crippen molar-refractivity contribution in [2.75, 3.05) is 5.32 Å². The highest BCUT2D eigenvalue weighted by Gasteiger charge is 2.20. The van der Waals surface area contributed by atoms with E-state index in [1.54, 1.807) is 16.9 Å². The van der Waals surface area contributed by atoms with Gasteiger partial charge in [-0.05, 0) is 43.5 Å². The van der Waals surface area contributed by atoms with Crippen LogP contribution in [0.4, 0.5) is 14.5 Å². The van der Waals surface area contributed by atoms with Crippen LogP contribution in [0.1, 0.15) is 30.2 Å². The van der Waals surface area contributed by atoms with Crippen LogP contribution in [0.15, 0.2) is 48.0 Å². The topological polar surface area (TPSA) is 59.8 Å². The molecule has 1 N–H and O–H groups in total. The maximum absolute atomic E-state index is 14.0. The van der Waals surface area contributed by atoms with E-state index in [0.717, 1.165) is 17.0 Å². The largest absolute Gasteiger partial charge is 0.319 e. The van der Waals surface area contributed by atoms with Gasteiger partial charge >= 0.3 is 0 Å². The molecule has 0 aliphatic heterocycles. The first-order valence-electron chi connectivity index (χ1n) is 8.62. The summed E-state index contributed by atoms with van der Waals surface area (Å²) in [5, 5.41) is 9.35. The van der Waals surface area contributed by atoms with E-state index in [1.165, 1.54) is 17.4 Å². The number of nitrogens with zero attached hydrogens (tertiary/aromatic N) is 3. The zero-order valence-corrected chi connectivity index (χ0v) is 15.9. The molecular weight excluding hydrogens is 382 g/mol. The van der Waals surface area contributed by atoms with Crippen molar-refractivity contribution in [1.82, 2.24) is 14.8 Å². The number of thiophene rings is 1. The number of amides is 1. The molecule has 0 saturated carbocycles. The fourth-order valence-electron chi connectivity index (χ4n) is 2.91. The van der Waals surface area contributed by atoms with Crippen molar-refractivity contribution >= 4 is 34.0 Å². The van der Waals surface area contributed by atoms with Gasteiger partial charge in [0.15, 0.2) is 5.65 Å². The molecule has 0 aliphatic rings. The van der Waals surface area contributed by atoms with Crippen molar-refractivity contribution in [2.45, 2.75) is 19.9 Å². The van der Waals surface area contributed by atoms with E-state index >= 15 is 0 Å². The first kappa shape index (κ1) is 18.2. The Hall–Kier alpha value is -3.13. The summed E-state index contributed by atoms with van der Waals surface area (Å²) in [6, 6.07) is 8.54. The lowest BCUT2D eigenvalue weighted by atomic mass is 10.1. The van der Waals surface area contributed by atoms with Crippen LogP contribution in [0.25, 0.3) is 21.6 Å². The normalized spacial score (nSPS) is 11.3. The zero-order valence-electron chi connectivity index (χ0n) is 15.1. The van der Waals surface area contributed by atoms with Gasteiger partial charge in [-0.2, -0.15) is 5.10 Å². The summed E-state index contributed by atoms with van der Waals surface area (Å²) in [6.07, 6.45) is 1.58. The molecule has 0 unspecified atom stereocenters. The molecule has 0 bridgehead atoms. The van der Waals surface area contributed by atoms with Crippen molar-refractivity contribution in [3.63, 3.8) is 0 Å². The van der Waals surface area contributed by atoms with Gasteiger partial charge in [-0.1, -0.05) is 6.07 Å². The van der Waals surface area contributed by atoms with E-state index in [2.05, 4.69) is 15.4 Å². The van der Waals surface area contributed by atoms with Gasteiger partial charge in [0.1, 0.15) is 11.6 Å². The van der Waals surface area contributed by atoms with E-state index in [0.29, 0.717) is 22.3 Å². The van der Waals surface area contributed by atoms with Crippen LogP contribution in [0.3, 0.4) is 0 Å². The Balaban J connectivity index is 1.83. The standard InChI is InChI=1S/C20H16F2N4OS/c1-11(2)26-19-14(10-23-26)13(9-17(24-19)18-4-3-7-28-18)20(27)25-16-6-5-12(21)8-15(16)22/h3-11H,1-2H3,(H,25,27). The summed E-state index contributed by atoms with van der Waals surface area (Å²) in [4.78, 5) is 18.5. The maximum atomic E-state index is 14.0. The number of rotatable bonds is 4. The number of pyridine rings is 1. The molecule has 1 aromatic carbocycles. The number of carbonyl (C=O) groups excluding carboxylic acids is 1. The number of hydrogen-bond acceptors (Lipinski definition) is 4. The zero-order chi connectivity index (χ0) is 19.8. The molecule has 0 spiro atoms. The number of carbonyl (C=O) groups is 1. The average molecular weight is 398 g/mol. The molecule has 8 heteroatoms. The van der Waals surface area contributed by atoms with Crippen LogP contribution in [-0.2, 0) is 0 Å². The molecule has 142 valence electrons. The van der Waals surface area contributed by atoms with Crippen molar-refractivity contribution in [1.29, 1.82) is 0 Å². The molecule has 0 radical (unpaired) electrons. The van der Waals surface area contributed by atoms with Crippen LogP contribution < -0.4 is 5.32 Å². The predicted molar refractivity (Wildman–Crippen MR) is 106 cm³/mol. The Morgan fingerprint density at radius 2 is 2.04 bits per heavy atom. The summed E-state index contributed by atoms with van der Waals surface area (Å²) >= 11 is 1.50. The molecule has 0 fully saturated rings. The molecular formula is C20H16F2N4OS. The van der Waals surface area contributed by atoms with Crippen molar-refractivity contribution in [2.24, 2.45) is 0 Å². The lowest BCUT2D eigenvalue weighted by Crippen LogP contribution is -2.14. The Kier molecular flexibility index (Phi) is 4.64. The van der Waals surface area contributed by atoms with Gasteiger partial charge in [0, 0.05) is 12.1 Å². The third-order valence-corrected chi connectivity index (χ3v) is 5.15. The van der Waals surface area contributed by atoms with Gasteiger partial charge in [0.25, 0.3) is 5.91 Å². The Morgan fingerprint density at radius 3 is 2.71 bits per heavy atom. The highest BCUT2D eigenvalue weighted by Crippen LogP contribution is 2.29. The number of nitrogens with one attached hydrogen (secondary N) is 1. The van der Waals surface area contributed by atoms with Gasteiger partial charge in [0.2, 0.25) is 0 Å². The van der Waals surface area contributed by atoms with Crippen LogP contribution in [-0.4, -0.2) is 20.7 Å². The van der Waals surface area contributed by atoms with Crippen molar-refractivity contribution in [3.8, 4) is 10.6 Å². The van der Waals surface area contributed by atoms with Gasteiger partial charge in [-0.25, -0.2) is 18.4 Å². The Morgan fingerprint density at radius 1 is 1.21 bits per heavy atom. The summed E-state index contributed by atoms with van der Waals surface area (Å²) in [6.45, 7) is 3.94. The number of aromatic nitrogens is 3. The van der Waals surface area contributed by atoms with Gasteiger partial charge in [-0.3, -0.25) is 4.79 Å². The quantitative estimate of drug-likeness (QED) is 0.509. The average Bonchev–Trinajstić information content (AvgIpc) is 3.32. The SMILES string of the molecule is CC(C)n1ncc2c(C(=O)Nc3ccc(F)cc3F)cc(-c3cccs3)nc21. The molecule has 5 nitrogen and oxygen atoms in total. The number of hydrogen-bond donors (Lipinski definition) is 1. The van der Waals surface area contributed by atoms with E-state index in [4.69, 9.17) is 0 Å². The second-order valence-electron chi connectivity index (χ2n) is 6.53. The fraction of sp³-hybridized carbons (Fsp3) is 0.150. The third kappa shape index (κ3) is 3.27. The molecule has 4 rings (SSSR count). The molecule has 3 heterocycles. The van der Waals surface area contributed by atoms with E-state index in [9.17, 15) is 13.6 Å². The van der Waals surface area contributed by atoms with E-state index < -0.39 is 17.5 Å². The van der Waals surface area contributed by atoms with E-state index in [1.807, 2.05) is 31.4 Å². The smallest absolute Gasteiger partial charge is 0.256 e. The van der Waals surface area contributed by atoms with Crippen LogP contribution in [0, 0.1) is 11.6 Å². The van der Waals surface area contributed by atoms with Crippen LogP contribution in [0.2, 0.25) is 0 Å². The minimum absolute atomic E-state index is 0.0500. The highest BCUT2D eigenvalue weighted by molar-refractivity contribution is 7.13. The minimum Gasteiger partial charge on any atom is -0.319 e. The molecule has 0 saturated heterocycles. The lowest BCUT2D eigenvalue weighted by molar-refractivity contribution is 0.102. The van der Waals surface area contributed by atoms with Crippen molar-refractivity contribution in [3.05, 3.63) is 65.2 Å². The molecule has 0 aliphatic carbocycles. The van der Waals surface area contributed by atoms with Crippen LogP contribution in [0.5, 0.6) is 0 Å². The summed E-state index contributed by atoms with van der Waals surface area (Å²) in [7, 11) is 0. The molecule has 3 aromatic heterocycles. The van der Waals surface area contributed by atoms with Crippen molar-refractivity contribution < 1.29 is 13.6 Å². The molecule has 4 aromatic rings. The van der Waals surface area contributed by atoms with Gasteiger partial charge < -0.3 is 5.32 Å². The highest BCUT2D eigenvalue weighted by atomic mass is 32.1. The lowest BCUT2D eigenvalue weighted by Gasteiger charge is -2.11. The second-order valence-corrected chi connectivity index (χ2v) is 7.48. The van der Waals surface area contributed by atoms with Gasteiger partial charge in [0.05, 0.1) is 33.4 Å². The van der Waals surface area contributed by atoms with E-state index in [-0.39, 0.29) is 11.7 Å². The number of benzene rings is 1. The number of halogens is 2.